The number of nitrogens with two attached hydrogens (primary N) is 1. The van der Waals surface area contributed by atoms with Gasteiger partial charge in [0.1, 0.15) is 0 Å². The maximum Gasteiger partial charge on any atom is 0.434 e. The number of nitrogens with one attached hydrogen (secondary N) is 4. The summed E-state index contributed by atoms with van der Waals surface area (Å²) in [6, 6.07) is 29.9. The number of hydrogen-bond acceptors (Lipinski definition) is 11. The summed E-state index contributed by atoms with van der Waals surface area (Å²) in [7, 11) is 0. The molecule has 4 aromatic carbocycles. The Labute approximate surface area is 369 Å². The first-order chi connectivity index (χ1) is 29.7. The Morgan fingerprint density at radius 2 is 1.13 bits per heavy atom. The zero-order valence-corrected chi connectivity index (χ0v) is 36.3. The number of esters is 2. The molecule has 0 fully saturated rings. The largest absolute Gasteiger partial charge is 0.466 e. The Morgan fingerprint density at radius 1 is 0.677 bits per heavy atom. The Balaban J connectivity index is 0.000000273. The molecule has 328 valence electrons. The number of nitrogens with zero attached hydrogens (tertiary/aromatic N) is 1. The Morgan fingerprint density at radius 3 is 1.52 bits per heavy atom. The minimum absolute atomic E-state index is 0.279. The van der Waals surface area contributed by atoms with E-state index in [4.69, 9.17) is 42.9 Å². The van der Waals surface area contributed by atoms with Crippen molar-refractivity contribution in [3.8, 4) is 22.3 Å². The van der Waals surface area contributed by atoms with Gasteiger partial charge in [-0.3, -0.25) is 29.4 Å². The summed E-state index contributed by atoms with van der Waals surface area (Å²) >= 11 is 12.1. The van der Waals surface area contributed by atoms with E-state index in [2.05, 4.69) is 20.8 Å². The molecule has 0 aliphatic heterocycles. The summed E-state index contributed by atoms with van der Waals surface area (Å²) in [4.78, 5) is 71.2. The van der Waals surface area contributed by atoms with Crippen molar-refractivity contribution in [2.75, 3.05) is 13.2 Å². The molecule has 5 rings (SSSR count). The number of carbonyl (C=O) groups excluding carboxylic acids is 5. The number of halogens is 2. The molecule has 0 aliphatic carbocycles. The van der Waals surface area contributed by atoms with E-state index in [-0.39, 0.29) is 31.0 Å². The first-order valence-electron chi connectivity index (χ1n) is 19.9. The number of ether oxygens (including phenoxy) is 2. The molecule has 1 heterocycles. The van der Waals surface area contributed by atoms with Crippen LogP contribution in [-0.2, 0) is 41.5 Å². The lowest BCUT2D eigenvalue weighted by Crippen LogP contribution is -2.48. The second kappa shape index (κ2) is 24.2. The van der Waals surface area contributed by atoms with Crippen molar-refractivity contribution in [1.82, 2.24) is 26.3 Å². The van der Waals surface area contributed by atoms with E-state index in [9.17, 15) is 28.8 Å². The zero-order chi connectivity index (χ0) is 45.2. The van der Waals surface area contributed by atoms with Crippen LogP contribution in [0.15, 0.2) is 106 Å². The molecule has 3 amide bonds. The number of H-pyrrole nitrogens is 1. The highest BCUT2D eigenvalue weighted by Crippen LogP contribution is 2.25. The number of rotatable bonds is 17. The van der Waals surface area contributed by atoms with Gasteiger partial charge < -0.3 is 24.5 Å². The third-order valence-electron chi connectivity index (χ3n) is 9.48. The van der Waals surface area contributed by atoms with E-state index >= 15 is 0 Å². The fourth-order valence-electron chi connectivity index (χ4n) is 6.46. The summed E-state index contributed by atoms with van der Waals surface area (Å²) < 4.78 is 14.8. The lowest BCUT2D eigenvalue weighted by molar-refractivity contribution is -0.148. The molecule has 15 nitrogen and oxygen atoms in total. The molecular formula is C45H50Cl2N6O9. The van der Waals surface area contributed by atoms with Crippen LogP contribution >= 0.6 is 23.2 Å². The summed E-state index contributed by atoms with van der Waals surface area (Å²) in [5, 5.41) is 12.4. The minimum Gasteiger partial charge on any atom is -0.466 e. The first kappa shape index (κ1) is 48.4. The topological polar surface area (TPSA) is 225 Å². The van der Waals surface area contributed by atoms with Crippen LogP contribution in [0, 0.1) is 11.8 Å². The predicted octanol–water partition coefficient (Wildman–Crippen LogP) is 6.23. The van der Waals surface area contributed by atoms with Gasteiger partial charge in [-0.1, -0.05) is 110 Å². The SMILES string of the molecule is CCOC(=O)C(C)C[C@@H](Cc1ccc(-c2cccc(Cl)c2)cc1)NC(=O)C(=O)NN.CCOC(=O)[C@H](C)C[C@@H](Cc1ccc(-c2cccc(Cl)c2)cc1)NC(=O)c1n[nH]c(=O)o1. The highest BCUT2D eigenvalue weighted by molar-refractivity contribution is 6.35. The van der Waals surface area contributed by atoms with Gasteiger partial charge in [-0.2, -0.15) is 0 Å². The second-order valence-corrected chi connectivity index (χ2v) is 15.2. The number of aromatic nitrogens is 2. The normalized spacial score (nSPS) is 12.6. The molecule has 1 unspecified atom stereocenters. The van der Waals surface area contributed by atoms with Gasteiger partial charge in [-0.05, 0) is 97.2 Å². The molecular weight excluding hydrogens is 839 g/mol. The van der Waals surface area contributed by atoms with Crippen molar-refractivity contribution in [3.05, 3.63) is 135 Å². The van der Waals surface area contributed by atoms with Crippen molar-refractivity contribution in [1.29, 1.82) is 0 Å². The van der Waals surface area contributed by atoms with Crippen LogP contribution in [0.1, 0.15) is 62.3 Å². The molecule has 0 saturated heterocycles. The van der Waals surface area contributed by atoms with Crippen LogP contribution in [0.3, 0.4) is 0 Å². The molecule has 4 atom stereocenters. The highest BCUT2D eigenvalue weighted by atomic mass is 35.5. The molecule has 0 aliphatic rings. The highest BCUT2D eigenvalue weighted by Gasteiger charge is 2.26. The van der Waals surface area contributed by atoms with Crippen LogP contribution < -0.4 is 27.7 Å². The van der Waals surface area contributed by atoms with E-state index in [1.165, 1.54) is 0 Å². The van der Waals surface area contributed by atoms with Crippen molar-refractivity contribution >= 4 is 52.9 Å². The van der Waals surface area contributed by atoms with Gasteiger partial charge in [-0.25, -0.2) is 15.7 Å². The Hall–Kier alpha value is -6.29. The number of carbonyl (C=O) groups is 5. The fraction of sp³-hybridized carbons (Fsp3) is 0.311. The van der Waals surface area contributed by atoms with Crippen LogP contribution in [0.4, 0.5) is 0 Å². The van der Waals surface area contributed by atoms with E-state index in [1.54, 1.807) is 27.7 Å². The average molecular weight is 890 g/mol. The fourth-order valence-corrected chi connectivity index (χ4v) is 6.84. The molecule has 0 radical (unpaired) electrons. The quantitative estimate of drug-likeness (QED) is 0.0231. The number of amides is 3. The number of hydrogen-bond donors (Lipinski definition) is 5. The molecule has 0 spiro atoms. The summed E-state index contributed by atoms with van der Waals surface area (Å²) in [6.07, 6.45) is 1.55. The van der Waals surface area contributed by atoms with Crippen LogP contribution in [0.2, 0.25) is 10.0 Å². The number of benzene rings is 4. The molecule has 0 saturated carbocycles. The monoisotopic (exact) mass is 888 g/mol. The lowest BCUT2D eigenvalue weighted by atomic mass is 9.95. The lowest BCUT2D eigenvalue weighted by Gasteiger charge is -2.21. The van der Waals surface area contributed by atoms with Crippen LogP contribution in [0.5, 0.6) is 0 Å². The van der Waals surface area contributed by atoms with Gasteiger partial charge in [0.15, 0.2) is 0 Å². The minimum atomic E-state index is -0.944. The molecule has 1 aromatic heterocycles. The van der Waals surface area contributed by atoms with E-state index in [0.717, 1.165) is 33.4 Å². The first-order valence-corrected chi connectivity index (χ1v) is 20.7. The van der Waals surface area contributed by atoms with Crippen molar-refractivity contribution in [2.24, 2.45) is 17.7 Å². The van der Waals surface area contributed by atoms with E-state index in [1.807, 2.05) is 102 Å². The zero-order valence-electron chi connectivity index (χ0n) is 34.7. The van der Waals surface area contributed by atoms with Crippen LogP contribution in [-0.4, -0.2) is 65.2 Å². The van der Waals surface area contributed by atoms with E-state index in [0.29, 0.717) is 35.7 Å². The third-order valence-corrected chi connectivity index (χ3v) is 9.95. The van der Waals surface area contributed by atoms with Crippen molar-refractivity contribution in [2.45, 2.75) is 65.5 Å². The molecule has 5 aromatic rings. The number of hydrazine groups is 1. The summed E-state index contributed by atoms with van der Waals surface area (Å²) in [6.45, 7) is 7.50. The Bertz CT molecular complexity index is 2330. The maximum absolute atomic E-state index is 12.5. The summed E-state index contributed by atoms with van der Waals surface area (Å²) in [5.41, 5.74) is 7.71. The van der Waals surface area contributed by atoms with Crippen molar-refractivity contribution in [3.63, 3.8) is 0 Å². The van der Waals surface area contributed by atoms with Gasteiger partial charge >= 0.3 is 41.3 Å². The summed E-state index contributed by atoms with van der Waals surface area (Å²) in [5.74, 6) is -0.150. The standard InChI is InChI=1S/C23H24ClN3O5.C22H26ClN3O4/c1-3-31-22(29)14(2)11-19(25-20(28)21-26-27-23(30)32-21)12-15-7-9-16(10-8-15)17-5-4-6-18(24)13-17;1-3-30-22(29)14(2)11-19(25-20(27)21(28)26-24)12-15-7-9-16(10-8-15)17-5-4-6-18(23)13-17/h4-10,13-14,19H,3,11-12H2,1-2H3,(H,25,28)(H,27,30);4-10,13-14,19H,3,11-12,24H2,1-2H3,(H,25,27)(H,26,28)/t14-,19+;14?,19-/m10/s1. The number of aromatic amines is 1. The van der Waals surface area contributed by atoms with Gasteiger partial charge in [0.2, 0.25) is 0 Å². The van der Waals surface area contributed by atoms with Gasteiger partial charge in [0.05, 0.1) is 25.0 Å². The average Bonchev–Trinajstić information content (AvgIpc) is 3.70. The third kappa shape index (κ3) is 15.3. The Kier molecular flexibility index (Phi) is 18.9. The van der Waals surface area contributed by atoms with Gasteiger partial charge in [-0.15, -0.1) is 5.10 Å². The smallest absolute Gasteiger partial charge is 0.434 e. The van der Waals surface area contributed by atoms with Gasteiger partial charge in [0.25, 0.3) is 0 Å². The van der Waals surface area contributed by atoms with Crippen molar-refractivity contribution < 1.29 is 37.9 Å². The van der Waals surface area contributed by atoms with Gasteiger partial charge in [0, 0.05) is 22.1 Å². The maximum atomic E-state index is 12.5. The molecule has 6 N–H and O–H groups in total. The molecule has 62 heavy (non-hydrogen) atoms. The van der Waals surface area contributed by atoms with Crippen LogP contribution in [0.25, 0.3) is 22.3 Å². The van der Waals surface area contributed by atoms with E-state index < -0.39 is 47.4 Å². The predicted molar refractivity (Wildman–Crippen MR) is 235 cm³/mol. The molecule has 0 bridgehead atoms. The second-order valence-electron chi connectivity index (χ2n) is 14.3. The molecule has 17 heteroatoms.